The standard InChI is InChI=1S/C8H20O5P2S2.C8H16O2/c1-5-9-14(16,10-6-2)13-15(17,11-7-3)12-8-4;1-2-3-4-5-6-7-8(9)10/h5-8H2,1-4H3;2-7H2,1H3,(H,9,10). The molecule has 0 fully saturated rings. The summed E-state index contributed by atoms with van der Waals surface area (Å²) in [6.45, 7) is 5.24. The van der Waals surface area contributed by atoms with Crippen molar-refractivity contribution in [2.45, 2.75) is 73.1 Å². The number of rotatable bonds is 16. The number of carbonyl (C=O) groups is 1. The van der Waals surface area contributed by atoms with E-state index >= 15 is 0 Å². The highest BCUT2D eigenvalue weighted by Crippen LogP contribution is 2.66. The van der Waals surface area contributed by atoms with Crippen LogP contribution in [-0.2, 0) is 50.8 Å². The molecule has 11 heteroatoms. The quantitative estimate of drug-likeness (QED) is 0.216. The molecule has 0 unspecified atom stereocenters. The minimum atomic E-state index is -2.87. The Morgan fingerprint density at radius 2 is 1.11 bits per heavy atom. The van der Waals surface area contributed by atoms with E-state index in [9.17, 15) is 4.79 Å². The van der Waals surface area contributed by atoms with E-state index in [1.807, 2.05) is 27.7 Å². The molecular formula is C16H36O7P2S2. The second-order valence-corrected chi connectivity index (χ2v) is 11.4. The third-order valence-corrected chi connectivity index (χ3v) is 9.21. The summed E-state index contributed by atoms with van der Waals surface area (Å²) >= 11 is 10.4. The zero-order chi connectivity index (χ0) is 21.2. The van der Waals surface area contributed by atoms with Crippen LogP contribution in [0.5, 0.6) is 0 Å². The molecule has 0 aromatic carbocycles. The lowest BCUT2D eigenvalue weighted by Gasteiger charge is -2.27. The molecule has 0 aromatic rings. The van der Waals surface area contributed by atoms with Gasteiger partial charge in [-0.1, -0.05) is 32.6 Å². The molecule has 7 nitrogen and oxygen atoms in total. The second-order valence-electron chi connectivity index (χ2n) is 5.21. The summed E-state index contributed by atoms with van der Waals surface area (Å²) in [4.78, 5) is 10.0. The highest BCUT2D eigenvalue weighted by Gasteiger charge is 2.31. The van der Waals surface area contributed by atoms with Gasteiger partial charge in [0.2, 0.25) is 0 Å². The smallest absolute Gasteiger partial charge is 0.334 e. The summed E-state index contributed by atoms with van der Waals surface area (Å²) in [5.74, 6) is -0.670. The molecule has 0 amide bonds. The van der Waals surface area contributed by atoms with E-state index in [2.05, 4.69) is 6.92 Å². The van der Waals surface area contributed by atoms with Crippen LogP contribution in [-0.4, -0.2) is 37.5 Å². The number of carboxylic acid groups (broad SMARTS) is 1. The normalized spacial score (nSPS) is 11.7. The van der Waals surface area contributed by atoms with Gasteiger partial charge in [-0.2, -0.15) is 0 Å². The van der Waals surface area contributed by atoms with E-state index in [4.69, 9.17) is 51.1 Å². The first kappa shape index (κ1) is 29.8. The molecular weight excluding hydrogens is 430 g/mol. The molecule has 1 N–H and O–H groups in total. The molecule has 0 aliphatic rings. The van der Waals surface area contributed by atoms with E-state index < -0.39 is 19.4 Å². The van der Waals surface area contributed by atoms with Gasteiger partial charge in [0.1, 0.15) is 0 Å². The first-order valence-electron chi connectivity index (χ1n) is 9.43. The topological polar surface area (TPSA) is 83.5 Å². The van der Waals surface area contributed by atoms with Crippen LogP contribution in [0.1, 0.15) is 73.1 Å². The predicted octanol–water partition coefficient (Wildman–Crippen LogP) is 6.03. The Morgan fingerprint density at radius 3 is 1.41 bits per heavy atom. The molecule has 0 heterocycles. The van der Waals surface area contributed by atoms with Crippen LogP contribution in [0.3, 0.4) is 0 Å². The molecule has 0 saturated carbocycles. The summed E-state index contributed by atoms with van der Waals surface area (Å²) in [6, 6.07) is 0. The maximum absolute atomic E-state index is 10.0. The molecule has 0 atom stereocenters. The average molecular weight is 467 g/mol. The highest BCUT2D eigenvalue weighted by molar-refractivity contribution is 8.14. The molecule has 0 aliphatic heterocycles. The Kier molecular flexibility index (Phi) is 20.5. The van der Waals surface area contributed by atoms with Gasteiger partial charge in [0.25, 0.3) is 0 Å². The Hall–Kier alpha value is 0.570. The van der Waals surface area contributed by atoms with Gasteiger partial charge in [-0.25, -0.2) is 4.31 Å². The number of aliphatic carboxylic acids is 1. The predicted molar refractivity (Wildman–Crippen MR) is 117 cm³/mol. The van der Waals surface area contributed by atoms with E-state index in [1.165, 1.54) is 19.3 Å². The fraction of sp³-hybridized carbons (Fsp3) is 0.938. The largest absolute Gasteiger partial charge is 0.481 e. The van der Waals surface area contributed by atoms with Gasteiger partial charge in [0, 0.05) is 6.42 Å². The maximum atomic E-state index is 10.0. The molecule has 0 saturated heterocycles. The van der Waals surface area contributed by atoms with E-state index in [0.717, 1.165) is 12.8 Å². The van der Waals surface area contributed by atoms with Gasteiger partial charge < -0.3 is 23.2 Å². The fourth-order valence-electron chi connectivity index (χ4n) is 1.80. The van der Waals surface area contributed by atoms with Crippen molar-refractivity contribution in [3.05, 3.63) is 0 Å². The van der Waals surface area contributed by atoms with Crippen molar-refractivity contribution in [1.82, 2.24) is 0 Å². The van der Waals surface area contributed by atoms with Crippen molar-refractivity contribution in [2.24, 2.45) is 0 Å². The number of hydrogen-bond donors (Lipinski definition) is 1. The maximum Gasteiger partial charge on any atom is 0.334 e. The second kappa shape index (κ2) is 18.6. The van der Waals surface area contributed by atoms with Gasteiger partial charge in [-0.3, -0.25) is 4.79 Å². The van der Waals surface area contributed by atoms with Crippen molar-refractivity contribution in [3.8, 4) is 0 Å². The third-order valence-electron chi connectivity index (χ3n) is 2.84. The lowest BCUT2D eigenvalue weighted by molar-refractivity contribution is -0.137. The van der Waals surface area contributed by atoms with Gasteiger partial charge in [-0.15, -0.1) is 0 Å². The Bertz CT molecular complexity index is 416. The lowest BCUT2D eigenvalue weighted by atomic mass is 10.1. The summed E-state index contributed by atoms with van der Waals surface area (Å²) in [5, 5.41) is 8.27. The van der Waals surface area contributed by atoms with Gasteiger partial charge in [0.15, 0.2) is 0 Å². The van der Waals surface area contributed by atoms with E-state index in [-0.39, 0.29) is 0 Å². The zero-order valence-electron chi connectivity index (χ0n) is 17.2. The first-order valence-corrected chi connectivity index (χ1v) is 14.5. The lowest BCUT2D eigenvalue weighted by Crippen LogP contribution is -2.03. The minimum absolute atomic E-state index is 0.337. The van der Waals surface area contributed by atoms with Gasteiger partial charge in [-0.05, 0) is 57.7 Å². The number of unbranched alkanes of at least 4 members (excludes halogenated alkanes) is 4. The molecule has 0 spiro atoms. The number of carboxylic acids is 1. The van der Waals surface area contributed by atoms with Crippen LogP contribution in [0.25, 0.3) is 0 Å². The summed E-state index contributed by atoms with van der Waals surface area (Å²) < 4.78 is 26.9. The SMILES string of the molecule is CCCCCCCC(=O)O.CCOP(=S)(OCC)OP(=S)(OCC)OCC. The molecule has 0 radical (unpaired) electrons. The van der Waals surface area contributed by atoms with Crippen LogP contribution >= 0.6 is 13.4 Å². The minimum Gasteiger partial charge on any atom is -0.481 e. The van der Waals surface area contributed by atoms with Crippen LogP contribution in [0.4, 0.5) is 0 Å². The molecule has 0 bridgehead atoms. The van der Waals surface area contributed by atoms with Gasteiger partial charge in [0.05, 0.1) is 26.4 Å². The van der Waals surface area contributed by atoms with Gasteiger partial charge >= 0.3 is 19.4 Å². The zero-order valence-corrected chi connectivity index (χ0v) is 20.6. The highest BCUT2D eigenvalue weighted by atomic mass is 32.5. The molecule has 0 aliphatic carbocycles. The van der Waals surface area contributed by atoms with Crippen molar-refractivity contribution in [1.29, 1.82) is 0 Å². The Labute approximate surface area is 175 Å². The van der Waals surface area contributed by atoms with Crippen LogP contribution < -0.4 is 0 Å². The third kappa shape index (κ3) is 18.3. The van der Waals surface area contributed by atoms with E-state index in [1.54, 1.807) is 0 Å². The molecule has 164 valence electrons. The molecule has 0 aromatic heterocycles. The first-order chi connectivity index (χ1) is 12.7. The van der Waals surface area contributed by atoms with Crippen molar-refractivity contribution in [3.63, 3.8) is 0 Å². The van der Waals surface area contributed by atoms with E-state index in [0.29, 0.717) is 32.8 Å². The van der Waals surface area contributed by atoms with Crippen molar-refractivity contribution in [2.75, 3.05) is 26.4 Å². The van der Waals surface area contributed by atoms with Crippen molar-refractivity contribution < 1.29 is 32.3 Å². The van der Waals surface area contributed by atoms with Crippen LogP contribution in [0.2, 0.25) is 0 Å². The molecule has 0 rings (SSSR count). The van der Waals surface area contributed by atoms with Crippen LogP contribution in [0.15, 0.2) is 0 Å². The average Bonchev–Trinajstić information content (AvgIpc) is 2.55. The number of hydrogen-bond acceptors (Lipinski definition) is 8. The summed E-state index contributed by atoms with van der Waals surface area (Å²) in [5.41, 5.74) is 0. The summed E-state index contributed by atoms with van der Waals surface area (Å²) in [6.07, 6.45) is 5.88. The monoisotopic (exact) mass is 466 g/mol. The Balaban J connectivity index is 0. The van der Waals surface area contributed by atoms with Crippen molar-refractivity contribution >= 4 is 43.0 Å². The Morgan fingerprint density at radius 1 is 0.741 bits per heavy atom. The fourth-order valence-corrected chi connectivity index (χ4v) is 8.18. The summed E-state index contributed by atoms with van der Waals surface area (Å²) in [7, 11) is 0. The molecule has 27 heavy (non-hydrogen) atoms. The van der Waals surface area contributed by atoms with Crippen LogP contribution in [0, 0.1) is 0 Å².